The van der Waals surface area contributed by atoms with E-state index < -0.39 is 0 Å². The zero-order chi connectivity index (χ0) is 11.9. The van der Waals surface area contributed by atoms with Crippen molar-refractivity contribution < 1.29 is 4.79 Å². The zero-order valence-electron chi connectivity index (χ0n) is 10.2. The number of carbonyl (C=O) groups excluding carboxylic acids is 1. The number of hydrogen-bond acceptors (Lipinski definition) is 1. The van der Waals surface area contributed by atoms with Crippen LogP contribution in [0, 0.1) is 6.92 Å². The van der Waals surface area contributed by atoms with Gasteiger partial charge in [0.15, 0.2) is 6.29 Å². The average Bonchev–Trinajstić information content (AvgIpc) is 2.52. The topological polar surface area (TPSA) is 22.0 Å². The molecular formula is C14H17NO. The van der Waals surface area contributed by atoms with Crippen molar-refractivity contribution in [1.29, 1.82) is 0 Å². The quantitative estimate of drug-likeness (QED) is 0.703. The fraction of sp³-hybridized carbons (Fsp3) is 0.357. The van der Waals surface area contributed by atoms with E-state index in [0.717, 1.165) is 22.9 Å². The number of aromatic nitrogens is 1. The number of benzene rings is 1. The van der Waals surface area contributed by atoms with Gasteiger partial charge in [0.1, 0.15) is 0 Å². The molecule has 1 heterocycles. The van der Waals surface area contributed by atoms with Gasteiger partial charge in [-0.3, -0.25) is 4.79 Å². The van der Waals surface area contributed by atoms with E-state index in [-0.39, 0.29) is 0 Å². The summed E-state index contributed by atoms with van der Waals surface area (Å²) in [4.78, 5) is 11.3. The standard InChI is InChI=1S/C14H17NO/c1-9(2)13-12(8-16)11-7-5-6-10(3)14(11)15(13)4/h5-9H,1-4H3. The van der Waals surface area contributed by atoms with Crippen molar-refractivity contribution in [2.45, 2.75) is 26.7 Å². The monoisotopic (exact) mass is 215 g/mol. The maximum absolute atomic E-state index is 11.3. The molecule has 16 heavy (non-hydrogen) atoms. The number of hydrogen-bond donors (Lipinski definition) is 0. The summed E-state index contributed by atoms with van der Waals surface area (Å²) in [5.74, 6) is 0.358. The predicted octanol–water partition coefficient (Wildman–Crippen LogP) is 3.42. The largest absolute Gasteiger partial charge is 0.346 e. The lowest BCUT2D eigenvalue weighted by atomic mass is 10.0. The Bertz CT molecular complexity index is 549. The molecule has 2 nitrogen and oxygen atoms in total. The summed E-state index contributed by atoms with van der Waals surface area (Å²) in [5, 5.41) is 1.07. The lowest BCUT2D eigenvalue weighted by Gasteiger charge is -2.09. The lowest BCUT2D eigenvalue weighted by Crippen LogP contribution is -2.01. The maximum atomic E-state index is 11.3. The Hall–Kier alpha value is -1.57. The number of para-hydroxylation sites is 1. The van der Waals surface area contributed by atoms with Gasteiger partial charge in [0.2, 0.25) is 0 Å². The maximum Gasteiger partial charge on any atom is 0.152 e. The van der Waals surface area contributed by atoms with Gasteiger partial charge in [-0.1, -0.05) is 32.0 Å². The molecule has 0 N–H and O–H groups in total. The van der Waals surface area contributed by atoms with Crippen molar-refractivity contribution in [2.24, 2.45) is 7.05 Å². The fourth-order valence-corrected chi connectivity index (χ4v) is 2.58. The van der Waals surface area contributed by atoms with E-state index in [0.29, 0.717) is 5.92 Å². The van der Waals surface area contributed by atoms with Crippen LogP contribution in [0.25, 0.3) is 10.9 Å². The van der Waals surface area contributed by atoms with Crippen LogP contribution in [0.4, 0.5) is 0 Å². The van der Waals surface area contributed by atoms with Gasteiger partial charge in [0.25, 0.3) is 0 Å². The fourth-order valence-electron chi connectivity index (χ4n) is 2.58. The first kappa shape index (κ1) is 10.9. The molecule has 0 spiro atoms. The third kappa shape index (κ3) is 1.37. The molecule has 0 bridgehead atoms. The summed E-state index contributed by atoms with van der Waals surface area (Å²) in [6, 6.07) is 6.12. The highest BCUT2D eigenvalue weighted by Gasteiger charge is 2.17. The predicted molar refractivity (Wildman–Crippen MR) is 67.1 cm³/mol. The van der Waals surface area contributed by atoms with Crippen molar-refractivity contribution in [3.63, 3.8) is 0 Å². The van der Waals surface area contributed by atoms with Crippen LogP contribution in [0.1, 0.15) is 41.4 Å². The van der Waals surface area contributed by atoms with Crippen molar-refractivity contribution >= 4 is 17.2 Å². The third-order valence-corrected chi connectivity index (χ3v) is 3.17. The van der Waals surface area contributed by atoms with Crippen LogP contribution in [0.2, 0.25) is 0 Å². The van der Waals surface area contributed by atoms with Crippen molar-refractivity contribution in [3.05, 3.63) is 35.0 Å². The molecule has 0 aliphatic rings. The van der Waals surface area contributed by atoms with E-state index in [1.54, 1.807) is 0 Å². The Morgan fingerprint density at radius 1 is 1.31 bits per heavy atom. The minimum absolute atomic E-state index is 0.358. The van der Waals surface area contributed by atoms with Gasteiger partial charge in [-0.05, 0) is 18.4 Å². The minimum Gasteiger partial charge on any atom is -0.346 e. The van der Waals surface area contributed by atoms with E-state index in [1.165, 1.54) is 11.1 Å². The van der Waals surface area contributed by atoms with Crippen LogP contribution in [0.3, 0.4) is 0 Å². The summed E-state index contributed by atoms with van der Waals surface area (Å²) in [6.07, 6.45) is 0.983. The van der Waals surface area contributed by atoms with Crippen LogP contribution >= 0.6 is 0 Å². The molecule has 2 rings (SSSR count). The van der Waals surface area contributed by atoms with Crippen LogP contribution in [0.15, 0.2) is 18.2 Å². The number of aryl methyl sites for hydroxylation is 2. The number of carbonyl (C=O) groups is 1. The summed E-state index contributed by atoms with van der Waals surface area (Å²) in [5.41, 5.74) is 4.36. The molecule has 0 unspecified atom stereocenters. The van der Waals surface area contributed by atoms with Gasteiger partial charge in [-0.15, -0.1) is 0 Å². The molecule has 0 atom stereocenters. The second kappa shape index (κ2) is 3.78. The minimum atomic E-state index is 0.358. The van der Waals surface area contributed by atoms with Crippen LogP contribution < -0.4 is 0 Å². The van der Waals surface area contributed by atoms with Gasteiger partial charge in [-0.25, -0.2) is 0 Å². The van der Waals surface area contributed by atoms with E-state index in [9.17, 15) is 4.79 Å². The SMILES string of the molecule is Cc1cccc2c(C=O)c(C(C)C)n(C)c12. The van der Waals surface area contributed by atoms with Crippen LogP contribution in [-0.2, 0) is 7.05 Å². The summed E-state index contributed by atoms with van der Waals surface area (Å²) in [7, 11) is 2.04. The Labute approximate surface area is 95.9 Å². The highest BCUT2D eigenvalue weighted by molar-refractivity contribution is 6.00. The molecule has 1 aromatic carbocycles. The first-order valence-corrected chi connectivity index (χ1v) is 5.61. The van der Waals surface area contributed by atoms with Crippen molar-refractivity contribution in [1.82, 2.24) is 4.57 Å². The Morgan fingerprint density at radius 3 is 2.56 bits per heavy atom. The summed E-state index contributed by atoms with van der Waals surface area (Å²) >= 11 is 0. The molecule has 0 aliphatic heterocycles. The van der Waals surface area contributed by atoms with E-state index in [4.69, 9.17) is 0 Å². The van der Waals surface area contributed by atoms with E-state index in [1.807, 2.05) is 19.2 Å². The molecule has 84 valence electrons. The number of rotatable bonds is 2. The molecule has 2 heteroatoms. The normalized spacial score (nSPS) is 11.3. The second-order valence-corrected chi connectivity index (χ2v) is 4.60. The zero-order valence-corrected chi connectivity index (χ0v) is 10.2. The molecule has 0 fully saturated rings. The van der Waals surface area contributed by atoms with Gasteiger partial charge < -0.3 is 4.57 Å². The third-order valence-electron chi connectivity index (χ3n) is 3.17. The van der Waals surface area contributed by atoms with Gasteiger partial charge in [0, 0.05) is 23.7 Å². The average molecular weight is 215 g/mol. The molecule has 0 saturated carbocycles. The first-order chi connectivity index (χ1) is 7.57. The second-order valence-electron chi connectivity index (χ2n) is 4.60. The summed E-state index contributed by atoms with van der Waals surface area (Å²) in [6.45, 7) is 6.33. The molecule has 0 aliphatic carbocycles. The molecule has 0 radical (unpaired) electrons. The van der Waals surface area contributed by atoms with E-state index >= 15 is 0 Å². The highest BCUT2D eigenvalue weighted by Crippen LogP contribution is 2.30. The summed E-state index contributed by atoms with van der Waals surface area (Å²) < 4.78 is 2.15. The first-order valence-electron chi connectivity index (χ1n) is 5.61. The lowest BCUT2D eigenvalue weighted by molar-refractivity contribution is 0.112. The van der Waals surface area contributed by atoms with Crippen molar-refractivity contribution in [2.75, 3.05) is 0 Å². The number of nitrogens with zero attached hydrogens (tertiary/aromatic N) is 1. The van der Waals surface area contributed by atoms with E-state index in [2.05, 4.69) is 31.4 Å². The van der Waals surface area contributed by atoms with Crippen LogP contribution in [0.5, 0.6) is 0 Å². The Balaban J connectivity index is 2.96. The Kier molecular flexibility index (Phi) is 2.58. The van der Waals surface area contributed by atoms with Gasteiger partial charge >= 0.3 is 0 Å². The molecule has 2 aromatic rings. The molecule has 0 amide bonds. The number of fused-ring (bicyclic) bond motifs is 1. The smallest absolute Gasteiger partial charge is 0.152 e. The molecule has 1 aromatic heterocycles. The van der Waals surface area contributed by atoms with Crippen molar-refractivity contribution in [3.8, 4) is 0 Å². The van der Waals surface area contributed by atoms with Gasteiger partial charge in [0.05, 0.1) is 5.52 Å². The van der Waals surface area contributed by atoms with Gasteiger partial charge in [-0.2, -0.15) is 0 Å². The van der Waals surface area contributed by atoms with Crippen LogP contribution in [-0.4, -0.2) is 10.9 Å². The Morgan fingerprint density at radius 2 is 2.00 bits per heavy atom. The number of aldehydes is 1. The molecule has 0 saturated heterocycles. The molecular weight excluding hydrogens is 198 g/mol. The highest BCUT2D eigenvalue weighted by atomic mass is 16.1.